The van der Waals surface area contributed by atoms with Gasteiger partial charge in [-0.15, -0.1) is 6.58 Å². The molecule has 0 aromatic heterocycles. The monoisotopic (exact) mass is 554 g/mol. The van der Waals surface area contributed by atoms with Crippen molar-refractivity contribution in [3.63, 3.8) is 0 Å². The zero-order valence-electron chi connectivity index (χ0n) is 26.1. The van der Waals surface area contributed by atoms with Gasteiger partial charge in [0.05, 0.1) is 13.7 Å². The number of aryl methyl sites for hydroxylation is 1. The highest BCUT2D eigenvalue weighted by Gasteiger charge is 2.11. The van der Waals surface area contributed by atoms with Crippen molar-refractivity contribution in [3.8, 4) is 23.0 Å². The molecule has 2 rings (SSSR count). The van der Waals surface area contributed by atoms with E-state index in [4.69, 9.17) is 9.47 Å². The van der Waals surface area contributed by atoms with Crippen LogP contribution in [0.4, 0.5) is 0 Å². The van der Waals surface area contributed by atoms with Crippen LogP contribution >= 0.6 is 0 Å². The van der Waals surface area contributed by atoms with Crippen LogP contribution in [-0.4, -0.2) is 23.9 Å². The summed E-state index contributed by atoms with van der Waals surface area (Å²) in [5, 5.41) is 19.3. The number of rotatable bonds is 21. The molecule has 0 atom stereocenters. The second-order valence-corrected chi connectivity index (χ2v) is 10.9. The molecule has 0 heterocycles. The Bertz CT molecular complexity index is 921. The summed E-state index contributed by atoms with van der Waals surface area (Å²) < 4.78 is 11.1. The number of methoxy groups -OCH3 is 1. The Hall–Kier alpha value is -2.62. The van der Waals surface area contributed by atoms with Gasteiger partial charge in [0, 0.05) is 5.56 Å². The second-order valence-electron chi connectivity index (χ2n) is 10.9. The molecule has 0 aliphatic heterocycles. The summed E-state index contributed by atoms with van der Waals surface area (Å²) >= 11 is 0. The summed E-state index contributed by atoms with van der Waals surface area (Å²) in [6.45, 7) is 10.9. The fraction of sp³-hybridized carbons (Fsp3) is 0.611. The SMILES string of the molecule is C=CCc1ccc(O)c(OC)c1.CCCCCCCCCCOc1c(CCCCCCCCC)ccc(O)c1C. The van der Waals surface area contributed by atoms with Crippen molar-refractivity contribution in [2.45, 2.75) is 130 Å². The number of aromatic hydroxyl groups is 2. The maximum atomic E-state index is 10.1. The Kier molecular flexibility index (Phi) is 20.5. The summed E-state index contributed by atoms with van der Waals surface area (Å²) in [5.41, 5.74) is 3.25. The third-order valence-electron chi connectivity index (χ3n) is 7.38. The zero-order valence-corrected chi connectivity index (χ0v) is 26.1. The molecule has 226 valence electrons. The molecule has 0 amide bonds. The smallest absolute Gasteiger partial charge is 0.160 e. The van der Waals surface area contributed by atoms with Gasteiger partial charge < -0.3 is 19.7 Å². The Morgan fingerprint density at radius 2 is 1.27 bits per heavy atom. The molecule has 4 nitrogen and oxygen atoms in total. The highest BCUT2D eigenvalue weighted by atomic mass is 16.5. The third kappa shape index (κ3) is 15.2. The van der Waals surface area contributed by atoms with Crippen molar-refractivity contribution in [2.75, 3.05) is 13.7 Å². The van der Waals surface area contributed by atoms with Crippen molar-refractivity contribution >= 4 is 0 Å². The van der Waals surface area contributed by atoms with E-state index in [1.165, 1.54) is 103 Å². The molecule has 0 unspecified atom stereocenters. The van der Waals surface area contributed by atoms with E-state index >= 15 is 0 Å². The average Bonchev–Trinajstić information content (AvgIpc) is 2.96. The van der Waals surface area contributed by atoms with Crippen LogP contribution in [0.1, 0.15) is 127 Å². The van der Waals surface area contributed by atoms with Gasteiger partial charge in [-0.05, 0) is 61.9 Å². The van der Waals surface area contributed by atoms with Crippen LogP contribution in [-0.2, 0) is 12.8 Å². The summed E-state index contributed by atoms with van der Waals surface area (Å²) in [5.74, 6) is 1.97. The van der Waals surface area contributed by atoms with Gasteiger partial charge in [0.2, 0.25) is 0 Å². The number of benzene rings is 2. The summed E-state index contributed by atoms with van der Waals surface area (Å²) in [6.07, 6.45) is 23.4. The molecule has 40 heavy (non-hydrogen) atoms. The molecule has 0 saturated heterocycles. The average molecular weight is 555 g/mol. The third-order valence-corrected chi connectivity index (χ3v) is 7.38. The maximum Gasteiger partial charge on any atom is 0.160 e. The number of hydrogen-bond acceptors (Lipinski definition) is 4. The number of phenols is 2. The topological polar surface area (TPSA) is 58.9 Å². The molecule has 0 bridgehead atoms. The summed E-state index contributed by atoms with van der Waals surface area (Å²) in [7, 11) is 1.53. The van der Waals surface area contributed by atoms with Gasteiger partial charge >= 0.3 is 0 Å². The van der Waals surface area contributed by atoms with Crippen molar-refractivity contribution in [1.29, 1.82) is 0 Å². The molecule has 0 aliphatic rings. The minimum Gasteiger partial charge on any atom is -0.508 e. The lowest BCUT2D eigenvalue weighted by molar-refractivity contribution is 0.297. The van der Waals surface area contributed by atoms with E-state index in [1.807, 2.05) is 25.1 Å². The van der Waals surface area contributed by atoms with E-state index in [-0.39, 0.29) is 5.75 Å². The van der Waals surface area contributed by atoms with Crippen LogP contribution in [0.15, 0.2) is 43.0 Å². The minimum absolute atomic E-state index is 0.172. The summed E-state index contributed by atoms with van der Waals surface area (Å²) in [4.78, 5) is 0. The van der Waals surface area contributed by atoms with Crippen LogP contribution in [0.5, 0.6) is 23.0 Å². The van der Waals surface area contributed by atoms with Gasteiger partial charge in [0.25, 0.3) is 0 Å². The molecular weight excluding hydrogens is 496 g/mol. The molecule has 4 heteroatoms. The van der Waals surface area contributed by atoms with E-state index in [0.29, 0.717) is 11.5 Å². The van der Waals surface area contributed by atoms with Crippen LogP contribution < -0.4 is 9.47 Å². The zero-order chi connectivity index (χ0) is 29.4. The Morgan fingerprint density at radius 3 is 1.85 bits per heavy atom. The van der Waals surface area contributed by atoms with Gasteiger partial charge in [0.1, 0.15) is 11.5 Å². The van der Waals surface area contributed by atoms with E-state index < -0.39 is 0 Å². The lowest BCUT2D eigenvalue weighted by atomic mass is 10.0. The predicted molar refractivity (Wildman–Crippen MR) is 171 cm³/mol. The quantitative estimate of drug-likeness (QED) is 0.119. The fourth-order valence-corrected chi connectivity index (χ4v) is 4.83. The maximum absolute atomic E-state index is 10.1. The molecule has 0 spiro atoms. The van der Waals surface area contributed by atoms with Crippen molar-refractivity contribution in [1.82, 2.24) is 0 Å². The Balaban J connectivity index is 0.000000552. The standard InChI is InChI=1S/C26H46O2.C10H12O2/c1-4-6-8-10-12-14-16-18-22-28-26-23(3)25(27)21-20-24(26)19-17-15-13-11-9-7-5-2;1-3-4-8-5-6-9(11)10(7-8)12-2/h20-21,27H,4-19,22H2,1-3H3;3,5-7,11H,1,4H2,2H3. The van der Waals surface area contributed by atoms with Crippen LogP contribution in [0.3, 0.4) is 0 Å². The van der Waals surface area contributed by atoms with Crippen LogP contribution in [0.2, 0.25) is 0 Å². The van der Waals surface area contributed by atoms with E-state index in [2.05, 4.69) is 26.5 Å². The normalized spacial score (nSPS) is 10.6. The molecule has 0 saturated carbocycles. The predicted octanol–water partition coefficient (Wildman–Crippen LogP) is 10.6. The van der Waals surface area contributed by atoms with Gasteiger partial charge in [-0.1, -0.05) is 116 Å². The highest BCUT2D eigenvalue weighted by molar-refractivity contribution is 5.48. The van der Waals surface area contributed by atoms with E-state index in [0.717, 1.165) is 42.7 Å². The first-order valence-corrected chi connectivity index (χ1v) is 15.9. The molecule has 0 aliphatic carbocycles. The minimum atomic E-state index is 0.172. The number of allylic oxidation sites excluding steroid dienone is 1. The van der Waals surface area contributed by atoms with Crippen LogP contribution in [0, 0.1) is 6.92 Å². The van der Waals surface area contributed by atoms with Crippen molar-refractivity contribution in [3.05, 3.63) is 59.7 Å². The molecule has 2 aromatic carbocycles. The van der Waals surface area contributed by atoms with Gasteiger partial charge in [-0.2, -0.15) is 0 Å². The van der Waals surface area contributed by atoms with Gasteiger partial charge in [-0.3, -0.25) is 0 Å². The van der Waals surface area contributed by atoms with Crippen molar-refractivity contribution < 1.29 is 19.7 Å². The van der Waals surface area contributed by atoms with E-state index in [1.54, 1.807) is 12.1 Å². The number of phenolic OH excluding ortho intramolecular Hbond substituents is 2. The van der Waals surface area contributed by atoms with E-state index in [9.17, 15) is 10.2 Å². The fourth-order valence-electron chi connectivity index (χ4n) is 4.83. The molecular formula is C36H58O4. The first-order valence-electron chi connectivity index (χ1n) is 15.9. The highest BCUT2D eigenvalue weighted by Crippen LogP contribution is 2.32. The number of ether oxygens (including phenoxy) is 2. The lowest BCUT2D eigenvalue weighted by Gasteiger charge is -2.15. The second kappa shape index (κ2) is 23.1. The Morgan fingerprint density at radius 1 is 0.725 bits per heavy atom. The molecule has 0 fully saturated rings. The largest absolute Gasteiger partial charge is 0.508 e. The lowest BCUT2D eigenvalue weighted by Crippen LogP contribution is -2.03. The molecule has 0 radical (unpaired) electrons. The van der Waals surface area contributed by atoms with Crippen molar-refractivity contribution in [2.24, 2.45) is 0 Å². The van der Waals surface area contributed by atoms with Gasteiger partial charge in [0.15, 0.2) is 11.5 Å². The summed E-state index contributed by atoms with van der Waals surface area (Å²) in [6, 6.07) is 9.16. The van der Waals surface area contributed by atoms with Gasteiger partial charge in [-0.25, -0.2) is 0 Å². The number of unbranched alkanes of at least 4 members (excludes halogenated alkanes) is 13. The first-order chi connectivity index (χ1) is 19.5. The first kappa shape index (κ1) is 35.4. The molecule has 2 aromatic rings. The van der Waals surface area contributed by atoms with Crippen LogP contribution in [0.25, 0.3) is 0 Å². The molecule has 2 N–H and O–H groups in total. The number of hydrogen-bond donors (Lipinski definition) is 2. The Labute approximate surface area is 245 Å².